The van der Waals surface area contributed by atoms with E-state index in [1.807, 2.05) is 18.4 Å². The van der Waals surface area contributed by atoms with Gasteiger partial charge in [-0.15, -0.1) is 0 Å². The molecule has 3 heterocycles. The SMILES string of the molecule is Cc1ccc(Nc2nc3cnc(NC(C)C)nc3n2C2CCNCC2)cc1C(F)(F)F. The van der Waals surface area contributed by atoms with Gasteiger partial charge in [0.25, 0.3) is 0 Å². The number of rotatable bonds is 5. The molecule has 7 nitrogen and oxygen atoms in total. The first-order valence-corrected chi connectivity index (χ1v) is 10.4. The number of aromatic nitrogens is 4. The Hall–Kier alpha value is -2.88. The van der Waals surface area contributed by atoms with Crippen molar-refractivity contribution in [1.82, 2.24) is 24.8 Å². The number of fused-ring (bicyclic) bond motifs is 1. The monoisotopic (exact) mass is 433 g/mol. The summed E-state index contributed by atoms with van der Waals surface area (Å²) in [5.74, 6) is 0.966. The molecule has 0 unspecified atom stereocenters. The van der Waals surface area contributed by atoms with Gasteiger partial charge >= 0.3 is 6.18 Å². The van der Waals surface area contributed by atoms with Gasteiger partial charge in [-0.1, -0.05) is 6.07 Å². The molecule has 0 spiro atoms. The smallest absolute Gasteiger partial charge is 0.352 e. The molecule has 1 fully saturated rings. The molecule has 3 N–H and O–H groups in total. The lowest BCUT2D eigenvalue weighted by Gasteiger charge is -2.26. The Labute approximate surface area is 178 Å². The third-order valence-electron chi connectivity index (χ3n) is 5.32. The van der Waals surface area contributed by atoms with Crippen LogP contribution in [0.15, 0.2) is 24.4 Å². The Bertz CT molecular complexity index is 1070. The van der Waals surface area contributed by atoms with Crippen LogP contribution in [0, 0.1) is 6.92 Å². The van der Waals surface area contributed by atoms with E-state index < -0.39 is 11.7 Å². The number of piperidine rings is 1. The van der Waals surface area contributed by atoms with Crippen LogP contribution in [0.1, 0.15) is 43.9 Å². The van der Waals surface area contributed by atoms with E-state index >= 15 is 0 Å². The van der Waals surface area contributed by atoms with Crippen molar-refractivity contribution in [3.8, 4) is 0 Å². The Morgan fingerprint density at radius 2 is 1.90 bits per heavy atom. The van der Waals surface area contributed by atoms with Crippen LogP contribution in [0.4, 0.5) is 30.8 Å². The molecule has 1 aliphatic rings. The van der Waals surface area contributed by atoms with Crippen LogP contribution in [0.2, 0.25) is 0 Å². The fourth-order valence-electron chi connectivity index (χ4n) is 3.85. The van der Waals surface area contributed by atoms with Crippen molar-refractivity contribution in [3.05, 3.63) is 35.5 Å². The topological polar surface area (TPSA) is 79.7 Å². The van der Waals surface area contributed by atoms with Gasteiger partial charge in [0.05, 0.1) is 11.8 Å². The molecule has 0 radical (unpaired) electrons. The second-order valence-corrected chi connectivity index (χ2v) is 8.14. The fraction of sp³-hybridized carbons (Fsp3) is 0.476. The number of benzene rings is 1. The predicted molar refractivity (Wildman–Crippen MR) is 115 cm³/mol. The lowest BCUT2D eigenvalue weighted by atomic mass is 10.1. The van der Waals surface area contributed by atoms with E-state index in [-0.39, 0.29) is 17.6 Å². The maximum Gasteiger partial charge on any atom is 0.416 e. The zero-order valence-corrected chi connectivity index (χ0v) is 17.7. The number of aryl methyl sites for hydroxylation is 1. The van der Waals surface area contributed by atoms with Gasteiger partial charge in [-0.2, -0.15) is 18.2 Å². The third kappa shape index (κ3) is 4.58. The summed E-state index contributed by atoms with van der Waals surface area (Å²) in [5.41, 5.74) is 1.11. The molecule has 10 heteroatoms. The van der Waals surface area contributed by atoms with E-state index in [0.717, 1.165) is 32.0 Å². The van der Waals surface area contributed by atoms with Gasteiger partial charge in [-0.3, -0.25) is 4.57 Å². The number of hydrogen-bond acceptors (Lipinski definition) is 6. The maximum absolute atomic E-state index is 13.4. The van der Waals surface area contributed by atoms with Crippen molar-refractivity contribution in [1.29, 1.82) is 0 Å². The summed E-state index contributed by atoms with van der Waals surface area (Å²) in [7, 11) is 0. The number of hydrogen-bond donors (Lipinski definition) is 3. The number of nitrogens with zero attached hydrogens (tertiary/aromatic N) is 4. The minimum atomic E-state index is -4.42. The standard InChI is InChI=1S/C21H26F3N7/c1-12(2)27-19-26-11-17-18(30-19)31(15-6-8-25-9-7-15)20(29-17)28-14-5-4-13(3)16(10-14)21(22,23)24/h4-5,10-12,15,25H,6-9H2,1-3H3,(H,28,29)(H,26,27,30). The van der Waals surface area contributed by atoms with Crippen LogP contribution in [0.5, 0.6) is 0 Å². The van der Waals surface area contributed by atoms with E-state index in [2.05, 4.69) is 30.9 Å². The maximum atomic E-state index is 13.4. The van der Waals surface area contributed by atoms with Crippen molar-refractivity contribution >= 4 is 28.7 Å². The molecule has 31 heavy (non-hydrogen) atoms. The van der Waals surface area contributed by atoms with Gasteiger partial charge in [0.1, 0.15) is 5.52 Å². The number of nitrogens with one attached hydrogen (secondary N) is 3. The van der Waals surface area contributed by atoms with E-state index in [4.69, 9.17) is 0 Å². The molecular weight excluding hydrogens is 407 g/mol. The first-order valence-electron chi connectivity index (χ1n) is 10.4. The van der Waals surface area contributed by atoms with Gasteiger partial charge in [-0.25, -0.2) is 9.97 Å². The minimum absolute atomic E-state index is 0.128. The highest BCUT2D eigenvalue weighted by atomic mass is 19.4. The molecule has 1 aromatic carbocycles. The number of halogens is 3. The van der Waals surface area contributed by atoms with Crippen molar-refractivity contribution < 1.29 is 13.2 Å². The van der Waals surface area contributed by atoms with Crippen LogP contribution < -0.4 is 16.0 Å². The fourth-order valence-corrected chi connectivity index (χ4v) is 3.85. The summed E-state index contributed by atoms with van der Waals surface area (Å²) in [4.78, 5) is 13.6. The van der Waals surface area contributed by atoms with Crippen molar-refractivity contribution in [2.24, 2.45) is 0 Å². The highest BCUT2D eigenvalue weighted by molar-refractivity contribution is 5.76. The molecule has 1 saturated heterocycles. The summed E-state index contributed by atoms with van der Waals surface area (Å²) in [6.45, 7) is 7.17. The first kappa shape index (κ1) is 21.4. The highest BCUT2D eigenvalue weighted by Gasteiger charge is 2.32. The van der Waals surface area contributed by atoms with Gasteiger partial charge < -0.3 is 16.0 Å². The summed E-state index contributed by atoms with van der Waals surface area (Å²) in [5, 5.41) is 9.64. The molecule has 4 rings (SSSR count). The minimum Gasteiger partial charge on any atom is -0.352 e. The molecule has 166 valence electrons. The summed E-state index contributed by atoms with van der Waals surface area (Å²) >= 11 is 0. The molecule has 3 aromatic rings. The van der Waals surface area contributed by atoms with Crippen molar-refractivity contribution in [2.75, 3.05) is 23.7 Å². The molecule has 0 atom stereocenters. The average Bonchev–Trinajstić information content (AvgIpc) is 3.06. The zero-order valence-electron chi connectivity index (χ0n) is 17.7. The summed E-state index contributed by atoms with van der Waals surface area (Å²) in [6, 6.07) is 4.52. The van der Waals surface area contributed by atoms with Gasteiger partial charge in [-0.05, 0) is 64.4 Å². The number of imidazole rings is 1. The lowest BCUT2D eigenvalue weighted by Crippen LogP contribution is -2.30. The summed E-state index contributed by atoms with van der Waals surface area (Å²) < 4.78 is 42.1. The van der Waals surface area contributed by atoms with Gasteiger partial charge in [0, 0.05) is 17.8 Å². The molecule has 2 aromatic heterocycles. The van der Waals surface area contributed by atoms with E-state index in [1.54, 1.807) is 12.3 Å². The quantitative estimate of drug-likeness (QED) is 0.544. The van der Waals surface area contributed by atoms with Crippen LogP contribution in [0.25, 0.3) is 11.2 Å². The third-order valence-corrected chi connectivity index (χ3v) is 5.32. The second kappa shape index (κ2) is 8.33. The second-order valence-electron chi connectivity index (χ2n) is 8.14. The Morgan fingerprint density at radius 3 is 2.58 bits per heavy atom. The number of alkyl halides is 3. The largest absolute Gasteiger partial charge is 0.416 e. The van der Waals surface area contributed by atoms with Crippen LogP contribution >= 0.6 is 0 Å². The van der Waals surface area contributed by atoms with E-state index in [0.29, 0.717) is 28.7 Å². The molecule has 0 saturated carbocycles. The Morgan fingerprint density at radius 1 is 1.16 bits per heavy atom. The summed E-state index contributed by atoms with van der Waals surface area (Å²) in [6.07, 6.45) is -1.02. The average molecular weight is 433 g/mol. The normalized spacial score (nSPS) is 15.6. The van der Waals surface area contributed by atoms with E-state index in [9.17, 15) is 13.2 Å². The van der Waals surface area contributed by atoms with Crippen molar-refractivity contribution in [2.45, 2.75) is 51.9 Å². The first-order chi connectivity index (χ1) is 14.7. The molecular formula is C21H26F3N7. The van der Waals surface area contributed by atoms with E-state index in [1.165, 1.54) is 13.0 Å². The lowest BCUT2D eigenvalue weighted by molar-refractivity contribution is -0.138. The van der Waals surface area contributed by atoms with Crippen LogP contribution in [-0.2, 0) is 6.18 Å². The number of anilines is 3. The van der Waals surface area contributed by atoms with Gasteiger partial charge in [0.2, 0.25) is 11.9 Å². The van der Waals surface area contributed by atoms with Crippen LogP contribution in [-0.4, -0.2) is 38.7 Å². The van der Waals surface area contributed by atoms with Crippen LogP contribution in [0.3, 0.4) is 0 Å². The van der Waals surface area contributed by atoms with Gasteiger partial charge in [0.15, 0.2) is 5.65 Å². The Kier molecular flexibility index (Phi) is 5.74. The zero-order chi connectivity index (χ0) is 22.2. The molecule has 1 aliphatic heterocycles. The Balaban J connectivity index is 1.78. The molecule has 0 aliphatic carbocycles. The highest BCUT2D eigenvalue weighted by Crippen LogP contribution is 2.35. The predicted octanol–water partition coefficient (Wildman–Crippen LogP) is 4.64. The molecule has 0 bridgehead atoms. The van der Waals surface area contributed by atoms with Crippen molar-refractivity contribution in [3.63, 3.8) is 0 Å². The molecule has 0 amide bonds.